The van der Waals surface area contributed by atoms with E-state index in [1.54, 1.807) is 42.4 Å². The van der Waals surface area contributed by atoms with Crippen molar-refractivity contribution in [1.82, 2.24) is 24.5 Å². The number of hydrogen-bond acceptors (Lipinski definition) is 4. The molecular formula is C19H21Cl2N5O2. The molecule has 7 nitrogen and oxygen atoms in total. The maximum Gasteiger partial charge on any atom is 0.274 e. The van der Waals surface area contributed by atoms with E-state index in [0.29, 0.717) is 28.0 Å². The van der Waals surface area contributed by atoms with Crippen molar-refractivity contribution in [3.8, 4) is 5.75 Å². The highest BCUT2D eigenvalue weighted by molar-refractivity contribution is 6.35. The van der Waals surface area contributed by atoms with Crippen LogP contribution in [-0.2, 0) is 19.8 Å². The molecule has 1 aromatic carbocycles. The van der Waals surface area contributed by atoms with Gasteiger partial charge in [0.1, 0.15) is 5.75 Å². The van der Waals surface area contributed by atoms with Gasteiger partial charge in [0.25, 0.3) is 5.91 Å². The fourth-order valence-corrected chi connectivity index (χ4v) is 3.14. The quantitative estimate of drug-likeness (QED) is 0.577. The van der Waals surface area contributed by atoms with Gasteiger partial charge in [0.2, 0.25) is 0 Å². The first-order valence-corrected chi connectivity index (χ1v) is 9.52. The van der Waals surface area contributed by atoms with Crippen molar-refractivity contribution in [2.45, 2.75) is 33.7 Å². The minimum absolute atomic E-state index is 0.126. The summed E-state index contributed by atoms with van der Waals surface area (Å²) < 4.78 is 9.02. The van der Waals surface area contributed by atoms with Gasteiger partial charge in [-0.05, 0) is 38.1 Å². The van der Waals surface area contributed by atoms with Crippen LogP contribution >= 0.6 is 23.2 Å². The molecule has 0 saturated heterocycles. The molecule has 9 heteroatoms. The zero-order valence-electron chi connectivity index (χ0n) is 15.9. The summed E-state index contributed by atoms with van der Waals surface area (Å²) in [6.07, 6.45) is 3.65. The fourth-order valence-electron chi connectivity index (χ4n) is 2.67. The summed E-state index contributed by atoms with van der Waals surface area (Å²) >= 11 is 12.0. The van der Waals surface area contributed by atoms with Crippen molar-refractivity contribution in [2.24, 2.45) is 0 Å². The molecule has 1 amide bonds. The highest BCUT2D eigenvalue weighted by atomic mass is 35.5. The average Bonchev–Trinajstić information content (AvgIpc) is 3.27. The lowest BCUT2D eigenvalue weighted by Gasteiger charge is -2.15. The molecule has 0 N–H and O–H groups in total. The molecular weight excluding hydrogens is 401 g/mol. The van der Waals surface area contributed by atoms with Crippen molar-refractivity contribution in [2.75, 3.05) is 7.05 Å². The van der Waals surface area contributed by atoms with E-state index < -0.39 is 0 Å². The van der Waals surface area contributed by atoms with Gasteiger partial charge >= 0.3 is 0 Å². The number of amides is 1. The van der Waals surface area contributed by atoms with Crippen LogP contribution < -0.4 is 4.74 Å². The van der Waals surface area contributed by atoms with Crippen molar-refractivity contribution >= 4 is 29.1 Å². The lowest BCUT2D eigenvalue weighted by molar-refractivity contribution is 0.0777. The Morgan fingerprint density at radius 1 is 1.21 bits per heavy atom. The van der Waals surface area contributed by atoms with E-state index in [2.05, 4.69) is 10.2 Å². The minimum atomic E-state index is -0.174. The summed E-state index contributed by atoms with van der Waals surface area (Å²) in [6, 6.07) is 6.65. The Kier molecular flexibility index (Phi) is 6.26. The molecule has 0 fully saturated rings. The third-order valence-corrected chi connectivity index (χ3v) is 4.76. The predicted molar refractivity (Wildman–Crippen MR) is 108 cm³/mol. The zero-order chi connectivity index (χ0) is 20.3. The number of benzene rings is 1. The van der Waals surface area contributed by atoms with E-state index in [9.17, 15) is 4.79 Å². The summed E-state index contributed by atoms with van der Waals surface area (Å²) in [5.74, 6) is 0.321. The minimum Gasteiger partial charge on any atom is -0.470 e. The van der Waals surface area contributed by atoms with Gasteiger partial charge in [-0.1, -0.05) is 23.2 Å². The molecule has 0 aliphatic rings. The van der Waals surface area contributed by atoms with Gasteiger partial charge in [-0.2, -0.15) is 10.2 Å². The SMILES string of the molecule is CCn1cc(CN(C)C(=O)c2ccn(COc3ccc(Cl)cc3Cl)n2)c(C)n1. The van der Waals surface area contributed by atoms with Gasteiger partial charge in [0, 0.05) is 43.1 Å². The summed E-state index contributed by atoms with van der Waals surface area (Å²) in [5.41, 5.74) is 2.27. The Bertz CT molecular complexity index is 983. The average molecular weight is 422 g/mol. The van der Waals surface area contributed by atoms with Crippen molar-refractivity contribution in [3.63, 3.8) is 0 Å². The van der Waals surface area contributed by atoms with E-state index in [4.69, 9.17) is 27.9 Å². The number of rotatable bonds is 7. The monoisotopic (exact) mass is 421 g/mol. The van der Waals surface area contributed by atoms with Crippen LogP contribution in [-0.4, -0.2) is 37.4 Å². The zero-order valence-corrected chi connectivity index (χ0v) is 17.4. The van der Waals surface area contributed by atoms with Crippen molar-refractivity contribution < 1.29 is 9.53 Å². The van der Waals surface area contributed by atoms with Crippen LogP contribution in [0, 0.1) is 6.92 Å². The Morgan fingerprint density at radius 3 is 2.68 bits per heavy atom. The predicted octanol–water partition coefficient (Wildman–Crippen LogP) is 4.02. The molecule has 3 rings (SSSR count). The third kappa shape index (κ3) is 4.66. The van der Waals surface area contributed by atoms with Gasteiger partial charge < -0.3 is 9.64 Å². The van der Waals surface area contributed by atoms with Crippen molar-refractivity contribution in [3.05, 3.63) is 63.7 Å². The van der Waals surface area contributed by atoms with Crippen LogP contribution in [0.4, 0.5) is 0 Å². The molecule has 28 heavy (non-hydrogen) atoms. The van der Waals surface area contributed by atoms with E-state index >= 15 is 0 Å². The highest BCUT2D eigenvalue weighted by Gasteiger charge is 2.17. The summed E-state index contributed by atoms with van der Waals surface area (Å²) in [4.78, 5) is 14.3. The first kappa shape index (κ1) is 20.2. The Hall–Kier alpha value is -2.51. The topological polar surface area (TPSA) is 65.2 Å². The highest BCUT2D eigenvalue weighted by Crippen LogP contribution is 2.27. The second-order valence-electron chi connectivity index (χ2n) is 6.35. The summed E-state index contributed by atoms with van der Waals surface area (Å²) in [5, 5.41) is 9.65. The smallest absolute Gasteiger partial charge is 0.274 e. The molecule has 148 valence electrons. The largest absolute Gasteiger partial charge is 0.470 e. The van der Waals surface area contributed by atoms with E-state index in [-0.39, 0.29) is 12.6 Å². The van der Waals surface area contributed by atoms with Gasteiger partial charge in [0.05, 0.1) is 10.7 Å². The maximum absolute atomic E-state index is 12.7. The van der Waals surface area contributed by atoms with Crippen LogP contribution in [0.15, 0.2) is 36.7 Å². The number of nitrogens with zero attached hydrogens (tertiary/aromatic N) is 5. The molecule has 0 atom stereocenters. The molecule has 0 radical (unpaired) electrons. The van der Waals surface area contributed by atoms with Gasteiger partial charge in [-0.15, -0.1) is 0 Å². The second kappa shape index (κ2) is 8.67. The molecule has 0 spiro atoms. The van der Waals surface area contributed by atoms with Crippen LogP contribution in [0.2, 0.25) is 10.0 Å². The standard InChI is InChI=1S/C19H21Cl2N5O2/c1-4-25-11-14(13(2)22-25)10-24(3)19(27)17-7-8-26(23-17)12-28-18-6-5-15(20)9-16(18)21/h5-9,11H,4,10,12H2,1-3H3. The summed E-state index contributed by atoms with van der Waals surface area (Å²) in [6.45, 7) is 5.35. The van der Waals surface area contributed by atoms with E-state index in [1.165, 1.54) is 4.68 Å². The van der Waals surface area contributed by atoms with Gasteiger partial charge in [-0.3, -0.25) is 9.48 Å². The lowest BCUT2D eigenvalue weighted by Crippen LogP contribution is -2.27. The second-order valence-corrected chi connectivity index (χ2v) is 7.19. The van der Waals surface area contributed by atoms with Crippen molar-refractivity contribution in [1.29, 1.82) is 0 Å². The van der Waals surface area contributed by atoms with Crippen LogP contribution in [0.5, 0.6) is 5.75 Å². The van der Waals surface area contributed by atoms with E-state index in [0.717, 1.165) is 17.8 Å². The normalized spacial score (nSPS) is 10.9. The number of carbonyl (C=O) groups is 1. The molecule has 3 aromatic rings. The van der Waals surface area contributed by atoms with Crippen LogP contribution in [0.25, 0.3) is 0 Å². The first-order valence-electron chi connectivity index (χ1n) is 8.77. The molecule has 0 aliphatic heterocycles. The molecule has 2 aromatic heterocycles. The number of aryl methyl sites for hydroxylation is 2. The van der Waals surface area contributed by atoms with Gasteiger partial charge in [0.15, 0.2) is 12.4 Å². The van der Waals surface area contributed by atoms with Crippen LogP contribution in [0.1, 0.15) is 28.7 Å². The summed E-state index contributed by atoms with van der Waals surface area (Å²) in [7, 11) is 1.74. The third-order valence-electron chi connectivity index (χ3n) is 4.23. The molecule has 0 saturated carbocycles. The molecule has 0 bridgehead atoms. The molecule has 0 unspecified atom stereocenters. The number of aromatic nitrogens is 4. The van der Waals surface area contributed by atoms with Gasteiger partial charge in [-0.25, -0.2) is 4.68 Å². The Morgan fingerprint density at radius 2 is 2.00 bits per heavy atom. The maximum atomic E-state index is 12.7. The molecule has 2 heterocycles. The Balaban J connectivity index is 1.62. The number of carbonyl (C=O) groups excluding carboxylic acids is 1. The number of hydrogen-bond donors (Lipinski definition) is 0. The number of ether oxygens (including phenoxy) is 1. The first-order chi connectivity index (χ1) is 13.4. The lowest BCUT2D eigenvalue weighted by atomic mass is 10.2. The van der Waals surface area contributed by atoms with Crippen LogP contribution in [0.3, 0.4) is 0 Å². The fraction of sp³-hybridized carbons (Fsp3) is 0.316. The van der Waals surface area contributed by atoms with E-state index in [1.807, 2.05) is 24.7 Å². The Labute approximate surface area is 173 Å². The number of halogens is 2. The molecule has 0 aliphatic carbocycles.